The number of aromatic nitrogens is 1. The second kappa shape index (κ2) is 5.69. The highest BCUT2D eigenvalue weighted by Crippen LogP contribution is 2.34. The van der Waals surface area contributed by atoms with Crippen molar-refractivity contribution in [2.24, 2.45) is 0 Å². The fraction of sp³-hybridized carbons (Fsp3) is 0.214. The maximum Gasteiger partial charge on any atom is 0.352 e. The Balaban J connectivity index is 2.62. The molecule has 1 heterocycles. The number of hydrogen-bond acceptors (Lipinski definition) is 3. The van der Waals surface area contributed by atoms with Crippen LogP contribution in [0.3, 0.4) is 0 Å². The van der Waals surface area contributed by atoms with Gasteiger partial charge in [-0.2, -0.15) is 0 Å². The minimum atomic E-state index is -1.01. The summed E-state index contributed by atoms with van der Waals surface area (Å²) >= 11 is 3.32. The highest BCUT2D eigenvalue weighted by molar-refractivity contribution is 9.10. The molecule has 110 valence electrons. The summed E-state index contributed by atoms with van der Waals surface area (Å²) in [5.74, 6) is -1.01. The predicted octanol–water partition coefficient (Wildman–Crippen LogP) is 4.10. The number of non-ortho nitro benzene ring substituents is 1. The predicted molar refractivity (Wildman–Crippen MR) is 81.6 cm³/mol. The van der Waals surface area contributed by atoms with Crippen molar-refractivity contribution in [3.8, 4) is 11.3 Å². The van der Waals surface area contributed by atoms with Gasteiger partial charge in [0.25, 0.3) is 5.69 Å². The number of carboxylic acid groups (broad SMARTS) is 1. The maximum absolute atomic E-state index is 11.3. The first kappa shape index (κ1) is 15.2. The maximum atomic E-state index is 11.3. The van der Waals surface area contributed by atoms with Crippen LogP contribution < -0.4 is 0 Å². The Morgan fingerprint density at radius 3 is 2.48 bits per heavy atom. The van der Waals surface area contributed by atoms with Gasteiger partial charge >= 0.3 is 5.97 Å². The second-order valence-electron chi connectivity index (χ2n) is 4.79. The zero-order chi connectivity index (χ0) is 15.7. The van der Waals surface area contributed by atoms with E-state index in [1.165, 1.54) is 18.2 Å². The molecule has 0 aliphatic carbocycles. The normalized spacial score (nSPS) is 10.9. The Morgan fingerprint density at radius 1 is 1.33 bits per heavy atom. The van der Waals surface area contributed by atoms with Crippen molar-refractivity contribution in [1.29, 1.82) is 0 Å². The van der Waals surface area contributed by atoms with Gasteiger partial charge in [0.05, 0.1) is 10.6 Å². The van der Waals surface area contributed by atoms with Gasteiger partial charge < -0.3 is 9.67 Å². The lowest BCUT2D eigenvalue weighted by molar-refractivity contribution is -0.384. The number of benzene rings is 1. The van der Waals surface area contributed by atoms with Crippen LogP contribution in [-0.4, -0.2) is 20.6 Å². The molecule has 0 unspecified atom stereocenters. The summed E-state index contributed by atoms with van der Waals surface area (Å²) < 4.78 is 2.24. The van der Waals surface area contributed by atoms with Crippen molar-refractivity contribution >= 4 is 27.6 Å². The van der Waals surface area contributed by atoms with Gasteiger partial charge in [-0.05, 0) is 48.0 Å². The van der Waals surface area contributed by atoms with Crippen LogP contribution in [0.1, 0.15) is 30.4 Å². The molecule has 0 amide bonds. The number of nitro groups is 1. The molecule has 0 radical (unpaired) electrons. The molecule has 7 heteroatoms. The molecule has 2 rings (SSSR count). The molecule has 0 aliphatic rings. The molecule has 6 nitrogen and oxygen atoms in total. The van der Waals surface area contributed by atoms with E-state index in [1.807, 2.05) is 13.8 Å². The van der Waals surface area contributed by atoms with Crippen LogP contribution in [-0.2, 0) is 0 Å². The van der Waals surface area contributed by atoms with Gasteiger partial charge in [0.1, 0.15) is 5.69 Å². The number of nitro benzene ring substituents is 1. The van der Waals surface area contributed by atoms with E-state index in [2.05, 4.69) is 15.9 Å². The van der Waals surface area contributed by atoms with Crippen LogP contribution in [0, 0.1) is 10.1 Å². The summed E-state index contributed by atoms with van der Waals surface area (Å²) in [7, 11) is 0. The Morgan fingerprint density at radius 2 is 2.00 bits per heavy atom. The highest BCUT2D eigenvalue weighted by Gasteiger charge is 2.19. The van der Waals surface area contributed by atoms with Crippen molar-refractivity contribution in [2.45, 2.75) is 19.9 Å². The molecule has 1 aromatic heterocycles. The number of rotatable bonds is 4. The number of carbonyl (C=O) groups is 1. The van der Waals surface area contributed by atoms with Crippen molar-refractivity contribution in [3.63, 3.8) is 0 Å². The van der Waals surface area contributed by atoms with Crippen molar-refractivity contribution in [3.05, 3.63) is 50.6 Å². The monoisotopic (exact) mass is 352 g/mol. The molecule has 0 saturated carbocycles. The third kappa shape index (κ3) is 2.82. The van der Waals surface area contributed by atoms with E-state index >= 15 is 0 Å². The average Bonchev–Trinajstić information content (AvgIpc) is 2.83. The van der Waals surface area contributed by atoms with E-state index < -0.39 is 10.9 Å². The molecule has 2 aromatic rings. The van der Waals surface area contributed by atoms with Crippen LogP contribution in [0.25, 0.3) is 11.3 Å². The summed E-state index contributed by atoms with van der Waals surface area (Å²) in [6.45, 7) is 3.77. The van der Waals surface area contributed by atoms with Crippen LogP contribution in [0.2, 0.25) is 0 Å². The van der Waals surface area contributed by atoms with Gasteiger partial charge in [-0.25, -0.2) is 4.79 Å². The molecule has 0 fully saturated rings. The van der Waals surface area contributed by atoms with E-state index in [0.29, 0.717) is 15.7 Å². The lowest BCUT2D eigenvalue weighted by Gasteiger charge is -2.16. The number of carboxylic acids is 1. The molecule has 0 atom stereocenters. The number of halogens is 1. The third-order valence-corrected chi connectivity index (χ3v) is 3.75. The summed E-state index contributed by atoms with van der Waals surface area (Å²) in [4.78, 5) is 21.6. The molecular formula is C14H13BrN2O4. The largest absolute Gasteiger partial charge is 0.477 e. The fourth-order valence-corrected chi connectivity index (χ4v) is 2.79. The SMILES string of the molecule is CC(C)n1c(C(=O)O)ccc1-c1ccc([N+](=O)[O-])cc1Br. The van der Waals surface area contributed by atoms with Gasteiger partial charge in [-0.3, -0.25) is 10.1 Å². The molecule has 0 spiro atoms. The Labute approximate surface area is 129 Å². The van der Waals surface area contributed by atoms with E-state index in [9.17, 15) is 20.0 Å². The Kier molecular flexibility index (Phi) is 4.13. The van der Waals surface area contributed by atoms with E-state index in [0.717, 1.165) is 0 Å². The first-order valence-corrected chi connectivity index (χ1v) is 7.01. The zero-order valence-corrected chi connectivity index (χ0v) is 13.0. The van der Waals surface area contributed by atoms with E-state index in [1.54, 1.807) is 16.7 Å². The number of hydrogen-bond donors (Lipinski definition) is 1. The molecule has 21 heavy (non-hydrogen) atoms. The standard InChI is InChI=1S/C14H13BrN2O4/c1-8(2)16-12(5-6-13(16)14(18)19)10-4-3-9(17(20)21)7-11(10)15/h3-8H,1-2H3,(H,18,19). The van der Waals surface area contributed by atoms with Crippen LogP contribution in [0.15, 0.2) is 34.8 Å². The minimum absolute atomic E-state index is 0.0215. The van der Waals surface area contributed by atoms with Gasteiger partial charge in [-0.1, -0.05) is 0 Å². The number of aromatic carboxylic acids is 1. The molecule has 0 saturated heterocycles. The number of nitrogens with zero attached hydrogens (tertiary/aromatic N) is 2. The summed E-state index contributed by atoms with van der Waals surface area (Å²) in [5.41, 5.74) is 1.57. The first-order chi connectivity index (χ1) is 9.82. The van der Waals surface area contributed by atoms with Crippen molar-refractivity contribution < 1.29 is 14.8 Å². The zero-order valence-electron chi connectivity index (χ0n) is 11.4. The summed E-state index contributed by atoms with van der Waals surface area (Å²) in [5, 5.41) is 20.0. The Bertz CT molecular complexity index is 722. The van der Waals surface area contributed by atoms with Crippen molar-refractivity contribution in [2.75, 3.05) is 0 Å². The molecule has 1 aromatic carbocycles. The fourth-order valence-electron chi connectivity index (χ4n) is 2.22. The molecule has 1 N–H and O–H groups in total. The van der Waals surface area contributed by atoms with Gasteiger partial charge in [0, 0.05) is 28.2 Å². The average molecular weight is 353 g/mol. The van der Waals surface area contributed by atoms with Gasteiger partial charge in [0.2, 0.25) is 0 Å². The highest BCUT2D eigenvalue weighted by atomic mass is 79.9. The van der Waals surface area contributed by atoms with Crippen LogP contribution in [0.4, 0.5) is 5.69 Å². The van der Waals surface area contributed by atoms with Crippen LogP contribution in [0.5, 0.6) is 0 Å². The van der Waals surface area contributed by atoms with E-state index in [-0.39, 0.29) is 17.4 Å². The summed E-state index contributed by atoms with van der Waals surface area (Å²) in [6, 6.07) is 7.61. The quantitative estimate of drug-likeness (QED) is 0.662. The lowest BCUT2D eigenvalue weighted by atomic mass is 10.1. The van der Waals surface area contributed by atoms with E-state index in [4.69, 9.17) is 0 Å². The Hall–Kier alpha value is -2.15. The smallest absolute Gasteiger partial charge is 0.352 e. The first-order valence-electron chi connectivity index (χ1n) is 6.21. The van der Waals surface area contributed by atoms with Crippen molar-refractivity contribution in [1.82, 2.24) is 4.57 Å². The minimum Gasteiger partial charge on any atom is -0.477 e. The van der Waals surface area contributed by atoms with Gasteiger partial charge in [0.15, 0.2) is 0 Å². The molecule has 0 bridgehead atoms. The topological polar surface area (TPSA) is 85.4 Å². The third-order valence-electron chi connectivity index (χ3n) is 3.09. The molecular weight excluding hydrogens is 340 g/mol. The van der Waals surface area contributed by atoms with Gasteiger partial charge in [-0.15, -0.1) is 0 Å². The second-order valence-corrected chi connectivity index (χ2v) is 5.65. The lowest BCUT2D eigenvalue weighted by Crippen LogP contribution is -2.11. The molecule has 0 aliphatic heterocycles. The van der Waals surface area contributed by atoms with Crippen LogP contribution >= 0.6 is 15.9 Å². The summed E-state index contributed by atoms with van der Waals surface area (Å²) in [6.07, 6.45) is 0.